The second-order valence-electron chi connectivity index (χ2n) is 5.54. The highest BCUT2D eigenvalue weighted by Gasteiger charge is 2.26. The highest BCUT2D eigenvalue weighted by Crippen LogP contribution is 2.40. The van der Waals surface area contributed by atoms with Crippen LogP contribution < -0.4 is 10.1 Å². The molecule has 0 bridgehead atoms. The van der Waals surface area contributed by atoms with Gasteiger partial charge in [0.25, 0.3) is 0 Å². The minimum atomic E-state index is -0.483. The Kier molecular flexibility index (Phi) is 4.89. The van der Waals surface area contributed by atoms with Crippen molar-refractivity contribution in [2.75, 3.05) is 11.1 Å². The van der Waals surface area contributed by atoms with Crippen molar-refractivity contribution in [3.8, 4) is 17.1 Å². The smallest absolute Gasteiger partial charge is 0.247 e. The van der Waals surface area contributed by atoms with Crippen LogP contribution >= 0.6 is 35.0 Å². The summed E-state index contributed by atoms with van der Waals surface area (Å²) in [4.78, 5) is 4.55. The van der Waals surface area contributed by atoms with Crippen LogP contribution in [0.5, 0.6) is 5.88 Å². The van der Waals surface area contributed by atoms with Crippen LogP contribution in [-0.2, 0) is 0 Å². The van der Waals surface area contributed by atoms with Crippen molar-refractivity contribution in [2.24, 2.45) is 0 Å². The lowest BCUT2D eigenvalue weighted by molar-refractivity contribution is 0.225. The number of anilines is 1. The maximum atomic E-state index is 6.18. The molecule has 2 heterocycles. The summed E-state index contributed by atoms with van der Waals surface area (Å²) in [7, 11) is 0. The Morgan fingerprint density at radius 1 is 1.12 bits per heavy atom. The van der Waals surface area contributed by atoms with Crippen LogP contribution in [0, 0.1) is 0 Å². The Bertz CT molecular complexity index is 970. The quantitative estimate of drug-likeness (QED) is 0.584. The molecule has 3 aromatic rings. The molecule has 0 radical (unpaired) electrons. The standard InChI is InChI=1S/C18H14Cl2N4OS/c1-2-26-18-22-17-15(23-24-18)11-5-3-4-6-14(11)21-16(25-17)10-7-8-12(19)13(20)9-10/h3-9,16,21H,2H2,1H3. The van der Waals surface area contributed by atoms with Crippen molar-refractivity contribution in [2.45, 2.75) is 18.3 Å². The molecule has 1 atom stereocenters. The Morgan fingerprint density at radius 2 is 1.96 bits per heavy atom. The highest BCUT2D eigenvalue weighted by atomic mass is 35.5. The van der Waals surface area contributed by atoms with Gasteiger partial charge in [-0.3, -0.25) is 0 Å². The van der Waals surface area contributed by atoms with Gasteiger partial charge in [0.05, 0.1) is 10.0 Å². The molecule has 1 aliphatic heterocycles. The predicted octanol–water partition coefficient (Wildman–Crippen LogP) is 5.46. The number of benzene rings is 2. The molecule has 1 unspecified atom stereocenters. The summed E-state index contributed by atoms with van der Waals surface area (Å²) in [5, 5.41) is 13.5. The maximum Gasteiger partial charge on any atom is 0.247 e. The zero-order chi connectivity index (χ0) is 18.1. The Hall–Kier alpha value is -2.02. The number of nitrogens with zero attached hydrogens (tertiary/aromatic N) is 3. The van der Waals surface area contributed by atoms with E-state index in [1.807, 2.05) is 37.3 Å². The first kappa shape index (κ1) is 17.4. The van der Waals surface area contributed by atoms with Gasteiger partial charge in [-0.1, -0.05) is 66.2 Å². The third-order valence-electron chi connectivity index (χ3n) is 3.85. The van der Waals surface area contributed by atoms with Gasteiger partial charge in [-0.25, -0.2) is 0 Å². The van der Waals surface area contributed by atoms with Crippen molar-refractivity contribution >= 4 is 40.7 Å². The molecule has 0 saturated carbocycles. The minimum absolute atomic E-state index is 0.435. The van der Waals surface area contributed by atoms with Crippen molar-refractivity contribution in [1.82, 2.24) is 15.2 Å². The van der Waals surface area contributed by atoms with E-state index in [4.69, 9.17) is 27.9 Å². The van der Waals surface area contributed by atoms with Crippen molar-refractivity contribution in [3.05, 3.63) is 58.1 Å². The molecule has 2 aromatic carbocycles. The summed E-state index contributed by atoms with van der Waals surface area (Å²) in [6.45, 7) is 2.04. The SMILES string of the molecule is CCSc1nnc2c(n1)OC(c1ccc(Cl)c(Cl)c1)Nc1ccccc1-2. The molecule has 8 heteroatoms. The molecule has 0 aliphatic carbocycles. The lowest BCUT2D eigenvalue weighted by Gasteiger charge is -2.19. The molecule has 1 aromatic heterocycles. The zero-order valence-electron chi connectivity index (χ0n) is 13.7. The molecular formula is C18H14Cl2N4OS. The van der Waals surface area contributed by atoms with Crippen molar-refractivity contribution in [3.63, 3.8) is 0 Å². The second kappa shape index (κ2) is 7.31. The zero-order valence-corrected chi connectivity index (χ0v) is 16.1. The van der Waals surface area contributed by atoms with Gasteiger partial charge < -0.3 is 10.1 Å². The van der Waals surface area contributed by atoms with E-state index in [0.717, 1.165) is 22.6 Å². The molecule has 1 aliphatic rings. The van der Waals surface area contributed by atoms with Crippen LogP contribution in [0.3, 0.4) is 0 Å². The molecule has 132 valence electrons. The summed E-state index contributed by atoms with van der Waals surface area (Å²) in [5.41, 5.74) is 3.22. The van der Waals surface area contributed by atoms with Crippen LogP contribution in [-0.4, -0.2) is 20.9 Å². The van der Waals surface area contributed by atoms with Crippen LogP contribution in [0.2, 0.25) is 10.0 Å². The summed E-state index contributed by atoms with van der Waals surface area (Å²) >= 11 is 13.7. The fourth-order valence-corrected chi connectivity index (χ4v) is 3.47. The molecule has 0 spiro atoms. The molecule has 4 rings (SSSR count). The number of para-hydroxylation sites is 1. The first-order chi connectivity index (χ1) is 12.7. The second-order valence-corrected chi connectivity index (χ2v) is 7.59. The van der Waals surface area contributed by atoms with Gasteiger partial charge in [-0.2, -0.15) is 4.98 Å². The van der Waals surface area contributed by atoms with E-state index in [0.29, 0.717) is 26.8 Å². The topological polar surface area (TPSA) is 59.9 Å². The van der Waals surface area contributed by atoms with E-state index in [1.165, 1.54) is 11.8 Å². The van der Waals surface area contributed by atoms with E-state index in [-0.39, 0.29) is 0 Å². The number of thioether (sulfide) groups is 1. The summed E-state index contributed by atoms with van der Waals surface area (Å²) in [6.07, 6.45) is -0.483. The van der Waals surface area contributed by atoms with Gasteiger partial charge in [0.1, 0.15) is 0 Å². The number of hydrogen-bond donors (Lipinski definition) is 1. The first-order valence-electron chi connectivity index (χ1n) is 8.00. The van der Waals surface area contributed by atoms with Gasteiger partial charge >= 0.3 is 0 Å². The Labute approximate surface area is 165 Å². The van der Waals surface area contributed by atoms with Gasteiger partial charge in [0.15, 0.2) is 11.9 Å². The molecule has 26 heavy (non-hydrogen) atoms. The molecular weight excluding hydrogens is 391 g/mol. The number of aromatic nitrogens is 3. The summed E-state index contributed by atoms with van der Waals surface area (Å²) in [5.74, 6) is 1.29. The summed E-state index contributed by atoms with van der Waals surface area (Å²) in [6, 6.07) is 13.2. The molecule has 0 saturated heterocycles. The van der Waals surface area contributed by atoms with Gasteiger partial charge in [-0.15, -0.1) is 10.2 Å². The lowest BCUT2D eigenvalue weighted by atomic mass is 10.1. The fraction of sp³-hybridized carbons (Fsp3) is 0.167. The Morgan fingerprint density at radius 3 is 2.77 bits per heavy atom. The van der Waals surface area contributed by atoms with Crippen molar-refractivity contribution < 1.29 is 4.74 Å². The van der Waals surface area contributed by atoms with E-state index in [1.54, 1.807) is 12.1 Å². The Balaban J connectivity index is 1.83. The highest BCUT2D eigenvalue weighted by molar-refractivity contribution is 7.99. The lowest BCUT2D eigenvalue weighted by Crippen LogP contribution is -2.17. The van der Waals surface area contributed by atoms with Crippen LogP contribution in [0.4, 0.5) is 5.69 Å². The van der Waals surface area contributed by atoms with Crippen molar-refractivity contribution in [1.29, 1.82) is 0 Å². The average Bonchev–Trinajstić information content (AvgIpc) is 2.81. The maximum absolute atomic E-state index is 6.18. The normalized spacial score (nSPS) is 15.3. The molecule has 0 fully saturated rings. The van der Waals surface area contributed by atoms with E-state index >= 15 is 0 Å². The number of hydrogen-bond acceptors (Lipinski definition) is 6. The van der Waals surface area contributed by atoms with Crippen LogP contribution in [0.1, 0.15) is 18.7 Å². The third kappa shape index (κ3) is 3.32. The molecule has 1 N–H and O–H groups in total. The predicted molar refractivity (Wildman–Crippen MR) is 105 cm³/mol. The number of fused-ring (bicyclic) bond motifs is 3. The number of halogens is 2. The number of rotatable bonds is 3. The van der Waals surface area contributed by atoms with Gasteiger partial charge in [0, 0.05) is 16.8 Å². The first-order valence-corrected chi connectivity index (χ1v) is 9.75. The number of nitrogens with one attached hydrogen (secondary N) is 1. The van der Waals surface area contributed by atoms with Crippen LogP contribution in [0.15, 0.2) is 47.6 Å². The van der Waals surface area contributed by atoms with E-state index in [9.17, 15) is 0 Å². The minimum Gasteiger partial charge on any atom is -0.448 e. The third-order valence-corrected chi connectivity index (χ3v) is 5.31. The largest absolute Gasteiger partial charge is 0.448 e. The summed E-state index contributed by atoms with van der Waals surface area (Å²) < 4.78 is 6.17. The monoisotopic (exact) mass is 404 g/mol. The van der Waals surface area contributed by atoms with Crippen LogP contribution in [0.25, 0.3) is 11.3 Å². The average molecular weight is 405 g/mol. The van der Waals surface area contributed by atoms with Gasteiger partial charge in [0.2, 0.25) is 11.0 Å². The fourth-order valence-electron chi connectivity index (χ4n) is 2.66. The van der Waals surface area contributed by atoms with E-state index in [2.05, 4.69) is 20.5 Å². The molecule has 0 amide bonds. The number of ether oxygens (including phenoxy) is 1. The van der Waals surface area contributed by atoms with Gasteiger partial charge in [-0.05, 0) is 24.0 Å². The molecule has 5 nitrogen and oxygen atoms in total. The van der Waals surface area contributed by atoms with E-state index < -0.39 is 6.23 Å².